The number of benzene rings is 1. The smallest absolute Gasteiger partial charge is 0.242 e. The highest BCUT2D eigenvalue weighted by Gasteiger charge is 2.11. The Labute approximate surface area is 123 Å². The first-order valence-corrected chi connectivity index (χ1v) is 6.70. The van der Waals surface area contributed by atoms with E-state index >= 15 is 0 Å². The van der Waals surface area contributed by atoms with E-state index in [1.54, 1.807) is 24.3 Å². The fourth-order valence-electron chi connectivity index (χ4n) is 1.81. The van der Waals surface area contributed by atoms with Crippen molar-refractivity contribution < 1.29 is 9.21 Å². The SMILES string of the molecule is Cc1ccc(Cl)cc1NCC(=O)N(C)Cc1ccco1. The van der Waals surface area contributed by atoms with Crippen LogP contribution in [-0.2, 0) is 11.3 Å². The van der Waals surface area contributed by atoms with E-state index in [0.717, 1.165) is 17.0 Å². The van der Waals surface area contributed by atoms with Crippen molar-refractivity contribution in [1.29, 1.82) is 0 Å². The average Bonchev–Trinajstić information content (AvgIpc) is 2.92. The molecule has 0 spiro atoms. The quantitative estimate of drug-likeness (QED) is 0.919. The average molecular weight is 293 g/mol. The molecule has 0 bridgehead atoms. The van der Waals surface area contributed by atoms with E-state index < -0.39 is 0 Å². The van der Waals surface area contributed by atoms with Crippen LogP contribution >= 0.6 is 11.6 Å². The minimum Gasteiger partial charge on any atom is -0.467 e. The number of nitrogens with zero attached hydrogens (tertiary/aromatic N) is 1. The van der Waals surface area contributed by atoms with Crippen molar-refractivity contribution in [2.75, 3.05) is 18.9 Å². The number of hydrogen-bond acceptors (Lipinski definition) is 3. The molecular formula is C15H17ClN2O2. The summed E-state index contributed by atoms with van der Waals surface area (Å²) in [7, 11) is 1.75. The van der Waals surface area contributed by atoms with Gasteiger partial charge in [-0.2, -0.15) is 0 Å². The van der Waals surface area contributed by atoms with Crippen LogP contribution in [0, 0.1) is 6.92 Å². The van der Waals surface area contributed by atoms with Gasteiger partial charge in [-0.25, -0.2) is 0 Å². The lowest BCUT2D eigenvalue weighted by Gasteiger charge is -2.17. The van der Waals surface area contributed by atoms with Crippen LogP contribution in [0.5, 0.6) is 0 Å². The lowest BCUT2D eigenvalue weighted by molar-refractivity contribution is -0.128. The zero-order valence-electron chi connectivity index (χ0n) is 11.5. The molecule has 1 amide bonds. The molecule has 4 nitrogen and oxygen atoms in total. The molecule has 0 aliphatic heterocycles. The highest BCUT2D eigenvalue weighted by Crippen LogP contribution is 2.19. The number of hydrogen-bond donors (Lipinski definition) is 1. The van der Waals surface area contributed by atoms with Crippen LogP contribution in [-0.4, -0.2) is 24.4 Å². The van der Waals surface area contributed by atoms with E-state index in [1.165, 1.54) is 0 Å². The third kappa shape index (κ3) is 3.78. The molecule has 0 fully saturated rings. The van der Waals surface area contributed by atoms with Gasteiger partial charge in [0.2, 0.25) is 5.91 Å². The third-order valence-electron chi connectivity index (χ3n) is 3.03. The summed E-state index contributed by atoms with van der Waals surface area (Å²) < 4.78 is 5.22. The van der Waals surface area contributed by atoms with Crippen molar-refractivity contribution >= 4 is 23.2 Å². The van der Waals surface area contributed by atoms with Gasteiger partial charge in [0.05, 0.1) is 19.4 Å². The number of likely N-dealkylation sites (N-methyl/N-ethyl adjacent to an activating group) is 1. The fourth-order valence-corrected chi connectivity index (χ4v) is 1.99. The lowest BCUT2D eigenvalue weighted by atomic mass is 10.2. The first-order chi connectivity index (χ1) is 9.56. The normalized spacial score (nSPS) is 10.3. The number of anilines is 1. The summed E-state index contributed by atoms with van der Waals surface area (Å²) in [4.78, 5) is 13.6. The molecule has 0 saturated heterocycles. The van der Waals surface area contributed by atoms with Crippen molar-refractivity contribution in [2.45, 2.75) is 13.5 Å². The Morgan fingerprint density at radius 1 is 1.40 bits per heavy atom. The molecule has 0 aliphatic carbocycles. The molecule has 20 heavy (non-hydrogen) atoms. The van der Waals surface area contributed by atoms with Crippen LogP contribution in [0.15, 0.2) is 41.0 Å². The predicted molar refractivity (Wildman–Crippen MR) is 79.9 cm³/mol. The Morgan fingerprint density at radius 2 is 2.20 bits per heavy atom. The van der Waals surface area contributed by atoms with E-state index in [4.69, 9.17) is 16.0 Å². The molecule has 0 aliphatic rings. The summed E-state index contributed by atoms with van der Waals surface area (Å²) >= 11 is 5.94. The molecule has 2 rings (SSSR count). The molecule has 2 aromatic rings. The van der Waals surface area contributed by atoms with Gasteiger partial charge in [0.1, 0.15) is 5.76 Å². The Morgan fingerprint density at radius 3 is 2.90 bits per heavy atom. The minimum absolute atomic E-state index is 0.0132. The van der Waals surface area contributed by atoms with Crippen LogP contribution in [0.3, 0.4) is 0 Å². The second-order valence-electron chi connectivity index (χ2n) is 4.64. The molecule has 5 heteroatoms. The summed E-state index contributed by atoms with van der Waals surface area (Å²) in [6.45, 7) is 2.65. The Kier molecular flexibility index (Phi) is 4.69. The van der Waals surface area contributed by atoms with E-state index in [9.17, 15) is 4.79 Å². The van der Waals surface area contributed by atoms with Crippen molar-refractivity contribution in [3.63, 3.8) is 0 Å². The molecule has 1 aromatic carbocycles. The Balaban J connectivity index is 1.89. The number of halogens is 1. The van der Waals surface area contributed by atoms with Gasteiger partial charge in [-0.3, -0.25) is 4.79 Å². The number of aryl methyl sites for hydroxylation is 1. The Bertz CT molecular complexity index is 582. The van der Waals surface area contributed by atoms with E-state index in [-0.39, 0.29) is 12.5 Å². The van der Waals surface area contributed by atoms with Gasteiger partial charge < -0.3 is 14.6 Å². The van der Waals surface area contributed by atoms with Crippen molar-refractivity contribution in [2.24, 2.45) is 0 Å². The molecule has 1 aromatic heterocycles. The number of amides is 1. The zero-order chi connectivity index (χ0) is 14.5. The summed E-state index contributed by atoms with van der Waals surface area (Å²) in [6, 6.07) is 9.21. The minimum atomic E-state index is -0.0132. The standard InChI is InChI=1S/C15H17ClN2O2/c1-11-5-6-12(16)8-14(11)17-9-15(19)18(2)10-13-4-3-7-20-13/h3-8,17H,9-10H2,1-2H3. The van der Waals surface area contributed by atoms with Gasteiger partial charge in [0.15, 0.2) is 0 Å². The first kappa shape index (κ1) is 14.5. The number of carbonyl (C=O) groups is 1. The highest BCUT2D eigenvalue weighted by molar-refractivity contribution is 6.30. The number of nitrogens with one attached hydrogen (secondary N) is 1. The molecule has 0 atom stereocenters. The summed E-state index contributed by atoms with van der Waals surface area (Å²) in [6.07, 6.45) is 1.60. The van der Waals surface area contributed by atoms with Gasteiger partial charge in [-0.05, 0) is 36.8 Å². The number of carbonyl (C=O) groups excluding carboxylic acids is 1. The lowest BCUT2D eigenvalue weighted by Crippen LogP contribution is -2.31. The van der Waals surface area contributed by atoms with Crippen LogP contribution in [0.4, 0.5) is 5.69 Å². The Hall–Kier alpha value is -1.94. The molecule has 1 heterocycles. The molecule has 0 radical (unpaired) electrons. The molecule has 1 N–H and O–H groups in total. The topological polar surface area (TPSA) is 45.5 Å². The molecular weight excluding hydrogens is 276 g/mol. The summed E-state index contributed by atoms with van der Waals surface area (Å²) in [5.74, 6) is 0.751. The fraction of sp³-hybridized carbons (Fsp3) is 0.267. The van der Waals surface area contributed by atoms with Gasteiger partial charge >= 0.3 is 0 Å². The highest BCUT2D eigenvalue weighted by atomic mass is 35.5. The van der Waals surface area contributed by atoms with Crippen molar-refractivity contribution in [3.8, 4) is 0 Å². The second kappa shape index (κ2) is 6.48. The maximum atomic E-state index is 12.0. The maximum absolute atomic E-state index is 12.0. The van der Waals surface area contributed by atoms with E-state index in [0.29, 0.717) is 11.6 Å². The van der Waals surface area contributed by atoms with Gasteiger partial charge in [-0.15, -0.1) is 0 Å². The van der Waals surface area contributed by atoms with Crippen molar-refractivity contribution in [1.82, 2.24) is 4.90 Å². The molecule has 106 valence electrons. The number of furan rings is 1. The van der Waals surface area contributed by atoms with Gasteiger partial charge in [0.25, 0.3) is 0 Å². The van der Waals surface area contributed by atoms with Crippen molar-refractivity contribution in [3.05, 3.63) is 52.9 Å². The van der Waals surface area contributed by atoms with Gasteiger partial charge in [0, 0.05) is 17.8 Å². The largest absolute Gasteiger partial charge is 0.467 e. The summed E-state index contributed by atoms with van der Waals surface area (Å²) in [5, 5.41) is 3.76. The first-order valence-electron chi connectivity index (χ1n) is 6.32. The van der Waals surface area contributed by atoms with Crippen LogP contribution in [0.2, 0.25) is 5.02 Å². The number of rotatable bonds is 5. The van der Waals surface area contributed by atoms with E-state index in [1.807, 2.05) is 31.2 Å². The zero-order valence-corrected chi connectivity index (χ0v) is 12.3. The molecule has 0 unspecified atom stereocenters. The van der Waals surface area contributed by atoms with Crippen LogP contribution in [0.1, 0.15) is 11.3 Å². The van der Waals surface area contributed by atoms with Gasteiger partial charge in [-0.1, -0.05) is 17.7 Å². The second-order valence-corrected chi connectivity index (χ2v) is 5.08. The van der Waals surface area contributed by atoms with E-state index in [2.05, 4.69) is 5.32 Å². The predicted octanol–water partition coefficient (Wildman–Crippen LogP) is 3.31. The van der Waals surface area contributed by atoms with Crippen LogP contribution in [0.25, 0.3) is 0 Å². The monoisotopic (exact) mass is 292 g/mol. The third-order valence-corrected chi connectivity index (χ3v) is 3.26. The maximum Gasteiger partial charge on any atom is 0.242 e. The van der Waals surface area contributed by atoms with Crippen LogP contribution < -0.4 is 5.32 Å². The molecule has 0 saturated carbocycles. The summed E-state index contributed by atoms with van der Waals surface area (Å²) in [5.41, 5.74) is 1.92.